The number of anilines is 1. The van der Waals surface area contributed by atoms with Crippen molar-refractivity contribution in [1.82, 2.24) is 15.6 Å². The molecule has 0 bridgehead atoms. The molecule has 4 N–H and O–H groups in total. The Morgan fingerprint density at radius 2 is 1.56 bits per heavy atom. The summed E-state index contributed by atoms with van der Waals surface area (Å²) < 4.78 is 0. The molecule has 0 saturated carbocycles. The Balaban J connectivity index is 1.25. The van der Waals surface area contributed by atoms with Crippen molar-refractivity contribution in [1.29, 1.82) is 0 Å². The zero-order valence-electron chi connectivity index (χ0n) is 20.8. The number of rotatable bonds is 6. The average molecular weight is 522 g/mol. The molecule has 1 aliphatic rings. The molecule has 10 nitrogen and oxygen atoms in total. The van der Waals surface area contributed by atoms with E-state index in [1.165, 1.54) is 12.3 Å². The van der Waals surface area contributed by atoms with Gasteiger partial charge in [0, 0.05) is 30.9 Å². The monoisotopic (exact) mass is 521 g/mol. The maximum atomic E-state index is 11.9. The molecule has 0 radical (unpaired) electrons. The Kier molecular flexibility index (Phi) is 6.75. The van der Waals surface area contributed by atoms with E-state index in [1.807, 2.05) is 59.0 Å². The van der Waals surface area contributed by atoms with E-state index in [9.17, 15) is 24.6 Å². The first kappa shape index (κ1) is 25.2. The first-order chi connectivity index (χ1) is 18.8. The number of hydrogen-bond donors (Lipinski definition) is 4. The van der Waals surface area contributed by atoms with Gasteiger partial charge in [-0.1, -0.05) is 36.4 Å². The largest absolute Gasteiger partial charge is 0.506 e. The lowest BCUT2D eigenvalue weighted by Gasteiger charge is -2.20. The molecule has 1 aliphatic heterocycles. The van der Waals surface area contributed by atoms with E-state index in [0.717, 1.165) is 11.3 Å². The minimum Gasteiger partial charge on any atom is -0.506 e. The molecule has 0 aliphatic carbocycles. The first-order valence-corrected chi connectivity index (χ1v) is 11.9. The third-order valence-electron chi connectivity index (χ3n) is 6.17. The summed E-state index contributed by atoms with van der Waals surface area (Å²) in [5.41, 5.74) is 3.73. The molecule has 1 fully saturated rings. The molecular weight excluding hydrogens is 498 g/mol. The van der Waals surface area contributed by atoms with Gasteiger partial charge in [-0.05, 0) is 53.6 Å². The number of carbonyl (C=O) groups is 3. The number of aliphatic imine (C=N–C) groups is 1. The van der Waals surface area contributed by atoms with Crippen LogP contribution in [0.15, 0.2) is 83.4 Å². The van der Waals surface area contributed by atoms with Gasteiger partial charge in [0.05, 0.1) is 16.8 Å². The Labute approximate surface area is 222 Å². The van der Waals surface area contributed by atoms with Gasteiger partial charge < -0.3 is 15.1 Å². The number of hydrogen-bond acceptors (Lipinski definition) is 8. The number of urea groups is 1. The van der Waals surface area contributed by atoms with E-state index in [0.29, 0.717) is 28.7 Å². The van der Waals surface area contributed by atoms with E-state index < -0.39 is 17.8 Å². The Morgan fingerprint density at radius 1 is 0.897 bits per heavy atom. The van der Waals surface area contributed by atoms with E-state index in [2.05, 4.69) is 9.98 Å². The zero-order valence-corrected chi connectivity index (χ0v) is 20.8. The van der Waals surface area contributed by atoms with Gasteiger partial charge >= 0.3 is 6.03 Å². The minimum atomic E-state index is -0.834. The molecule has 1 aromatic heterocycles. The van der Waals surface area contributed by atoms with Gasteiger partial charge in [-0.15, -0.1) is 0 Å². The molecule has 3 aromatic carbocycles. The highest BCUT2D eigenvalue weighted by Crippen LogP contribution is 2.32. The van der Waals surface area contributed by atoms with Crippen LogP contribution in [0.4, 0.5) is 16.2 Å². The van der Waals surface area contributed by atoms with Crippen LogP contribution in [0.1, 0.15) is 16.7 Å². The van der Waals surface area contributed by atoms with Gasteiger partial charge in [-0.3, -0.25) is 25.2 Å². The molecule has 0 unspecified atom stereocenters. The second-order valence-corrected chi connectivity index (χ2v) is 8.88. The number of amides is 4. The quantitative estimate of drug-likeness (QED) is 0.172. The fraction of sp³-hybridized carbons (Fsp3) is 0.0690. The summed E-state index contributed by atoms with van der Waals surface area (Å²) >= 11 is 0. The summed E-state index contributed by atoms with van der Waals surface area (Å²) in [5.74, 6) is -1.85. The third-order valence-corrected chi connectivity index (χ3v) is 6.17. The fourth-order valence-corrected chi connectivity index (χ4v) is 4.11. The third kappa shape index (κ3) is 5.44. The van der Waals surface area contributed by atoms with Crippen molar-refractivity contribution < 1.29 is 24.6 Å². The van der Waals surface area contributed by atoms with Gasteiger partial charge in [0.25, 0.3) is 11.8 Å². The summed E-state index contributed by atoms with van der Waals surface area (Å²) in [6, 6.07) is 21.0. The molecular formula is C29H23N5O5. The number of carbonyl (C=O) groups excluding carboxylic acids is 3. The summed E-state index contributed by atoms with van der Waals surface area (Å²) in [6.45, 7) is 0.605. The Hall–Kier alpha value is -5.51. The van der Waals surface area contributed by atoms with Crippen molar-refractivity contribution in [2.75, 3.05) is 11.9 Å². The molecule has 4 aromatic rings. The molecule has 0 atom stereocenters. The maximum absolute atomic E-state index is 11.9. The SMILES string of the molecule is CN(Cc1ccc(/N=C/c2c(O)nc3ccccc3c2O)cc1)c1ccc(C=C2C(=O)NC(=O)NC2=O)cc1. The summed E-state index contributed by atoms with van der Waals surface area (Å²) in [6.07, 6.45) is 2.81. The van der Waals surface area contributed by atoms with Crippen LogP contribution >= 0.6 is 0 Å². The minimum absolute atomic E-state index is 0.0809. The summed E-state index contributed by atoms with van der Waals surface area (Å²) in [4.78, 5) is 45.5. The second kappa shape index (κ2) is 10.5. The summed E-state index contributed by atoms with van der Waals surface area (Å²) in [7, 11) is 1.94. The number of para-hydroxylation sites is 1. The molecule has 1 saturated heterocycles. The lowest BCUT2D eigenvalue weighted by molar-refractivity contribution is -0.123. The molecule has 5 rings (SSSR count). The van der Waals surface area contributed by atoms with Gasteiger partial charge in [-0.2, -0.15) is 0 Å². The first-order valence-electron chi connectivity index (χ1n) is 11.9. The van der Waals surface area contributed by atoms with Crippen LogP contribution in [0.3, 0.4) is 0 Å². The van der Waals surface area contributed by atoms with Crippen molar-refractivity contribution in [2.45, 2.75) is 6.54 Å². The topological polar surface area (TPSA) is 144 Å². The molecule has 10 heteroatoms. The van der Waals surface area contributed by atoms with Crippen LogP contribution in [0.2, 0.25) is 0 Å². The second-order valence-electron chi connectivity index (χ2n) is 8.88. The van der Waals surface area contributed by atoms with Crippen LogP contribution in [-0.4, -0.2) is 46.3 Å². The average Bonchev–Trinajstić information content (AvgIpc) is 2.92. The lowest BCUT2D eigenvalue weighted by atomic mass is 10.1. The molecule has 2 heterocycles. The number of aromatic hydroxyl groups is 2. The van der Waals surface area contributed by atoms with Crippen molar-refractivity contribution in [2.24, 2.45) is 4.99 Å². The number of nitrogens with one attached hydrogen (secondary N) is 2. The van der Waals surface area contributed by atoms with Crippen LogP contribution in [0, 0.1) is 0 Å². The summed E-state index contributed by atoms with van der Waals surface area (Å²) in [5, 5.41) is 25.4. The predicted molar refractivity (Wildman–Crippen MR) is 147 cm³/mol. The van der Waals surface area contributed by atoms with E-state index in [1.54, 1.807) is 36.4 Å². The van der Waals surface area contributed by atoms with E-state index in [4.69, 9.17) is 0 Å². The van der Waals surface area contributed by atoms with Crippen LogP contribution in [0.25, 0.3) is 17.0 Å². The number of benzene rings is 3. The van der Waals surface area contributed by atoms with E-state index >= 15 is 0 Å². The molecule has 194 valence electrons. The maximum Gasteiger partial charge on any atom is 0.328 e. The van der Waals surface area contributed by atoms with Gasteiger partial charge in [-0.25, -0.2) is 9.78 Å². The van der Waals surface area contributed by atoms with Crippen molar-refractivity contribution in [3.05, 3.63) is 95.1 Å². The van der Waals surface area contributed by atoms with Crippen molar-refractivity contribution in [3.8, 4) is 11.6 Å². The Bertz CT molecular complexity index is 1640. The lowest BCUT2D eigenvalue weighted by Crippen LogP contribution is -2.51. The molecule has 4 amide bonds. The van der Waals surface area contributed by atoms with Crippen molar-refractivity contribution >= 4 is 52.4 Å². The Morgan fingerprint density at radius 3 is 2.26 bits per heavy atom. The van der Waals surface area contributed by atoms with Crippen LogP contribution in [0.5, 0.6) is 11.6 Å². The highest BCUT2D eigenvalue weighted by Gasteiger charge is 2.27. The fourth-order valence-electron chi connectivity index (χ4n) is 4.11. The van der Waals surface area contributed by atoms with Crippen molar-refractivity contribution in [3.63, 3.8) is 0 Å². The van der Waals surface area contributed by atoms with Crippen LogP contribution in [-0.2, 0) is 16.1 Å². The normalized spacial score (nSPS) is 13.5. The number of pyridine rings is 1. The van der Waals surface area contributed by atoms with Gasteiger partial charge in [0.1, 0.15) is 11.3 Å². The van der Waals surface area contributed by atoms with Crippen LogP contribution < -0.4 is 15.5 Å². The number of barbiturate groups is 1. The molecule has 39 heavy (non-hydrogen) atoms. The van der Waals surface area contributed by atoms with Gasteiger partial charge in [0.15, 0.2) is 0 Å². The number of nitrogens with zero attached hydrogens (tertiary/aromatic N) is 3. The number of imide groups is 2. The predicted octanol–water partition coefficient (Wildman–Crippen LogP) is 3.78. The number of fused-ring (bicyclic) bond motifs is 1. The smallest absolute Gasteiger partial charge is 0.328 e. The highest BCUT2D eigenvalue weighted by atomic mass is 16.3. The molecule has 0 spiro atoms. The van der Waals surface area contributed by atoms with E-state index in [-0.39, 0.29) is 22.8 Å². The zero-order chi connectivity index (χ0) is 27.5. The highest BCUT2D eigenvalue weighted by molar-refractivity contribution is 6.31. The van der Waals surface area contributed by atoms with Gasteiger partial charge in [0.2, 0.25) is 5.88 Å². The number of aromatic nitrogens is 1. The standard InChI is InChI=1S/C29H23N5O5/c1-34(20-12-8-17(9-13-20)14-22-26(36)32-29(39)33-27(22)37)16-18-6-10-19(11-7-18)30-15-23-25(35)21-4-2-3-5-24(21)31-28(23)38/h2-15H,16H2,1H3,(H2,31,35,38)(H2,32,33,36,37,39)/b30-15+.